The molecule has 1 aromatic heterocycles. The van der Waals surface area contributed by atoms with Crippen molar-refractivity contribution in [3.05, 3.63) is 40.0 Å². The van der Waals surface area contributed by atoms with E-state index in [2.05, 4.69) is 21.0 Å². The molecule has 0 saturated heterocycles. The van der Waals surface area contributed by atoms with Gasteiger partial charge in [0.15, 0.2) is 6.29 Å². The molecule has 4 heteroatoms. The van der Waals surface area contributed by atoms with Gasteiger partial charge in [0.2, 0.25) is 0 Å². The van der Waals surface area contributed by atoms with Crippen LogP contribution >= 0.6 is 15.9 Å². The van der Waals surface area contributed by atoms with E-state index in [-0.39, 0.29) is 6.04 Å². The van der Waals surface area contributed by atoms with Crippen LogP contribution in [0.4, 0.5) is 0 Å². The number of halogens is 1. The minimum Gasteiger partial charge on any atom is -0.298 e. The van der Waals surface area contributed by atoms with E-state index < -0.39 is 0 Å². The molecule has 2 rings (SSSR count). The van der Waals surface area contributed by atoms with Gasteiger partial charge in [0.25, 0.3) is 0 Å². The van der Waals surface area contributed by atoms with Crippen LogP contribution in [0.25, 0.3) is 11.3 Å². The normalized spacial score (nSPS) is 10.9. The lowest BCUT2D eigenvalue weighted by Gasteiger charge is -2.04. The highest BCUT2D eigenvalue weighted by Crippen LogP contribution is 2.26. The van der Waals surface area contributed by atoms with Gasteiger partial charge in [0.05, 0.1) is 5.56 Å². The van der Waals surface area contributed by atoms with E-state index in [0.717, 1.165) is 27.6 Å². The van der Waals surface area contributed by atoms with Gasteiger partial charge in [-0.3, -0.25) is 9.48 Å². The highest BCUT2D eigenvalue weighted by molar-refractivity contribution is 9.10. The fourth-order valence-electron chi connectivity index (χ4n) is 1.77. The van der Waals surface area contributed by atoms with Gasteiger partial charge in [-0.25, -0.2) is 0 Å². The van der Waals surface area contributed by atoms with Crippen molar-refractivity contribution < 1.29 is 4.79 Å². The highest BCUT2D eigenvalue weighted by Gasteiger charge is 2.12. The van der Waals surface area contributed by atoms with Crippen molar-refractivity contribution in [1.82, 2.24) is 9.78 Å². The van der Waals surface area contributed by atoms with Crippen LogP contribution in [0.15, 0.2) is 28.9 Å². The highest BCUT2D eigenvalue weighted by atomic mass is 79.9. The van der Waals surface area contributed by atoms with Gasteiger partial charge in [-0.05, 0) is 38.5 Å². The van der Waals surface area contributed by atoms with Crippen molar-refractivity contribution in [3.8, 4) is 11.3 Å². The third-order valence-electron chi connectivity index (χ3n) is 2.85. The molecule has 3 nitrogen and oxygen atoms in total. The van der Waals surface area contributed by atoms with Crippen molar-refractivity contribution in [2.75, 3.05) is 0 Å². The van der Waals surface area contributed by atoms with Crippen LogP contribution in [-0.2, 0) is 0 Å². The lowest BCUT2D eigenvalue weighted by Crippen LogP contribution is -2.00. The summed E-state index contributed by atoms with van der Waals surface area (Å²) in [5.41, 5.74) is 3.47. The fourth-order valence-corrected chi connectivity index (χ4v) is 2.02. The predicted octanol–water partition coefficient (Wildman–Crippen LogP) is 4.01. The summed E-state index contributed by atoms with van der Waals surface area (Å²) in [4.78, 5) is 11.1. The number of benzene rings is 1. The number of nitrogens with zero attached hydrogens (tertiary/aromatic N) is 2. The lowest BCUT2D eigenvalue weighted by molar-refractivity contribution is 0.112. The zero-order chi connectivity index (χ0) is 13.3. The van der Waals surface area contributed by atoms with Crippen LogP contribution in [0.1, 0.15) is 35.8 Å². The number of rotatable bonds is 3. The van der Waals surface area contributed by atoms with E-state index in [1.807, 2.05) is 43.7 Å². The molecule has 0 amide bonds. The maximum Gasteiger partial charge on any atom is 0.153 e. The molecule has 2 aromatic rings. The number of hydrogen-bond acceptors (Lipinski definition) is 2. The maximum atomic E-state index is 11.1. The quantitative estimate of drug-likeness (QED) is 0.803. The molecule has 0 aliphatic carbocycles. The molecule has 0 aliphatic heterocycles. The number of carbonyl (C=O) groups is 1. The first-order valence-electron chi connectivity index (χ1n) is 5.83. The number of hydrogen-bond donors (Lipinski definition) is 0. The van der Waals surface area contributed by atoms with Crippen molar-refractivity contribution in [2.45, 2.75) is 26.8 Å². The monoisotopic (exact) mass is 306 g/mol. The van der Waals surface area contributed by atoms with Crippen LogP contribution in [0.5, 0.6) is 0 Å². The molecule has 0 aliphatic rings. The molecule has 0 bridgehead atoms. The standard InChI is InChI=1S/C14H15BrN2O/c1-9(2)17-7-12(8-18)14(16-17)11-4-5-13(15)10(3)6-11/h4-9H,1-3H3. The Bertz CT molecular complexity index is 587. The fraction of sp³-hybridized carbons (Fsp3) is 0.286. The lowest BCUT2D eigenvalue weighted by atomic mass is 10.1. The summed E-state index contributed by atoms with van der Waals surface area (Å²) in [6.07, 6.45) is 2.66. The molecule has 0 spiro atoms. The van der Waals surface area contributed by atoms with E-state index in [4.69, 9.17) is 0 Å². The van der Waals surface area contributed by atoms with Gasteiger partial charge in [-0.2, -0.15) is 5.10 Å². The van der Waals surface area contributed by atoms with Gasteiger partial charge in [0, 0.05) is 22.3 Å². The first-order chi connectivity index (χ1) is 8.52. The summed E-state index contributed by atoms with van der Waals surface area (Å²) in [5, 5.41) is 4.49. The summed E-state index contributed by atoms with van der Waals surface area (Å²) in [5.74, 6) is 0. The first-order valence-corrected chi connectivity index (χ1v) is 6.63. The number of aryl methyl sites for hydroxylation is 1. The summed E-state index contributed by atoms with van der Waals surface area (Å²) < 4.78 is 2.87. The number of aldehydes is 1. The van der Waals surface area contributed by atoms with E-state index in [0.29, 0.717) is 5.56 Å². The van der Waals surface area contributed by atoms with Crippen LogP contribution in [0.3, 0.4) is 0 Å². The third kappa shape index (κ3) is 2.38. The first kappa shape index (κ1) is 13.0. The molecule has 0 N–H and O–H groups in total. The van der Waals surface area contributed by atoms with Gasteiger partial charge >= 0.3 is 0 Å². The SMILES string of the molecule is Cc1cc(-c2nn(C(C)C)cc2C=O)ccc1Br. The predicted molar refractivity (Wildman–Crippen MR) is 75.9 cm³/mol. The summed E-state index contributed by atoms with van der Waals surface area (Å²) in [7, 11) is 0. The summed E-state index contributed by atoms with van der Waals surface area (Å²) >= 11 is 3.47. The van der Waals surface area contributed by atoms with E-state index in [1.54, 1.807) is 6.20 Å². The molecular weight excluding hydrogens is 292 g/mol. The molecule has 94 valence electrons. The zero-order valence-corrected chi connectivity index (χ0v) is 12.2. The van der Waals surface area contributed by atoms with Gasteiger partial charge < -0.3 is 0 Å². The minimum absolute atomic E-state index is 0.244. The average molecular weight is 307 g/mol. The summed E-state index contributed by atoms with van der Waals surface area (Å²) in [6, 6.07) is 6.23. The van der Waals surface area contributed by atoms with Gasteiger partial charge in [0.1, 0.15) is 5.69 Å². The van der Waals surface area contributed by atoms with Gasteiger partial charge in [-0.15, -0.1) is 0 Å². The molecule has 1 aromatic carbocycles. The average Bonchev–Trinajstić information content (AvgIpc) is 2.77. The molecule has 0 fully saturated rings. The second-order valence-corrected chi connectivity index (χ2v) is 5.44. The second kappa shape index (κ2) is 5.06. The Morgan fingerprint density at radius 1 is 1.39 bits per heavy atom. The van der Waals surface area contributed by atoms with Crippen molar-refractivity contribution in [2.24, 2.45) is 0 Å². The smallest absolute Gasteiger partial charge is 0.153 e. The molecule has 0 radical (unpaired) electrons. The number of aromatic nitrogens is 2. The molecule has 0 saturated carbocycles. The van der Waals surface area contributed by atoms with E-state index in [1.165, 1.54) is 0 Å². The maximum absolute atomic E-state index is 11.1. The second-order valence-electron chi connectivity index (χ2n) is 4.59. The molecule has 18 heavy (non-hydrogen) atoms. The van der Waals surface area contributed by atoms with E-state index in [9.17, 15) is 4.79 Å². The number of carbonyl (C=O) groups excluding carboxylic acids is 1. The Morgan fingerprint density at radius 2 is 2.11 bits per heavy atom. The van der Waals surface area contributed by atoms with E-state index >= 15 is 0 Å². The Morgan fingerprint density at radius 3 is 2.67 bits per heavy atom. The Kier molecular flexibility index (Phi) is 3.66. The Balaban J connectivity index is 2.55. The van der Waals surface area contributed by atoms with Crippen molar-refractivity contribution in [1.29, 1.82) is 0 Å². The Labute approximate surface area is 115 Å². The van der Waals surface area contributed by atoms with Gasteiger partial charge in [-0.1, -0.05) is 22.0 Å². The van der Waals surface area contributed by atoms with Crippen LogP contribution < -0.4 is 0 Å². The molecular formula is C14H15BrN2O. The van der Waals surface area contributed by atoms with Crippen molar-refractivity contribution in [3.63, 3.8) is 0 Å². The van der Waals surface area contributed by atoms with Crippen LogP contribution in [0, 0.1) is 6.92 Å². The molecule has 0 unspecified atom stereocenters. The summed E-state index contributed by atoms with van der Waals surface area (Å²) in [6.45, 7) is 6.10. The Hall–Kier alpha value is -1.42. The molecule has 0 atom stereocenters. The molecule has 1 heterocycles. The van der Waals surface area contributed by atoms with Crippen LogP contribution in [0.2, 0.25) is 0 Å². The third-order valence-corrected chi connectivity index (χ3v) is 3.74. The van der Waals surface area contributed by atoms with Crippen molar-refractivity contribution >= 4 is 22.2 Å². The minimum atomic E-state index is 0.244. The topological polar surface area (TPSA) is 34.9 Å². The van der Waals surface area contributed by atoms with Crippen LogP contribution in [-0.4, -0.2) is 16.1 Å². The largest absolute Gasteiger partial charge is 0.298 e. The zero-order valence-electron chi connectivity index (χ0n) is 10.6.